The second-order valence-electron chi connectivity index (χ2n) is 5.56. The van der Waals surface area contributed by atoms with Crippen molar-refractivity contribution in [1.29, 1.82) is 0 Å². The highest BCUT2D eigenvalue weighted by atomic mass is 16.3. The van der Waals surface area contributed by atoms with Gasteiger partial charge in [0, 0.05) is 17.6 Å². The highest BCUT2D eigenvalue weighted by Gasteiger charge is 2.36. The van der Waals surface area contributed by atoms with Crippen molar-refractivity contribution in [3.05, 3.63) is 29.8 Å². The van der Waals surface area contributed by atoms with E-state index in [1.54, 1.807) is 12.1 Å². The Hall–Kier alpha value is -1.55. The predicted octanol–water partition coefficient (Wildman–Crippen LogP) is 2.00. The maximum absolute atomic E-state index is 12.1. The molecule has 1 amide bonds. The van der Waals surface area contributed by atoms with Gasteiger partial charge in [-0.2, -0.15) is 0 Å². The van der Waals surface area contributed by atoms with Gasteiger partial charge in [0.2, 0.25) is 0 Å². The average molecular weight is 262 g/mol. The Bertz CT molecular complexity index is 434. The summed E-state index contributed by atoms with van der Waals surface area (Å²) < 4.78 is 0. The molecule has 0 radical (unpaired) electrons. The normalized spacial score (nSPS) is 17.6. The van der Waals surface area contributed by atoms with Crippen LogP contribution in [-0.2, 0) is 0 Å². The number of phenols is 1. The monoisotopic (exact) mass is 262 g/mol. The molecule has 0 unspecified atom stereocenters. The molecule has 4 heteroatoms. The third kappa shape index (κ3) is 3.07. The van der Waals surface area contributed by atoms with E-state index >= 15 is 0 Å². The maximum Gasteiger partial charge on any atom is 0.251 e. The number of benzene rings is 1. The van der Waals surface area contributed by atoms with E-state index in [1.807, 2.05) is 0 Å². The van der Waals surface area contributed by atoms with E-state index < -0.39 is 0 Å². The molecule has 0 heterocycles. The number of aromatic hydroxyl groups is 1. The Labute approximate surface area is 114 Å². The van der Waals surface area contributed by atoms with Crippen molar-refractivity contribution in [2.75, 3.05) is 20.6 Å². The first-order valence-corrected chi connectivity index (χ1v) is 6.78. The molecule has 0 aromatic heterocycles. The average Bonchev–Trinajstić information content (AvgIpc) is 2.87. The summed E-state index contributed by atoms with van der Waals surface area (Å²) in [5.74, 6) is 0.102. The zero-order valence-electron chi connectivity index (χ0n) is 11.6. The summed E-state index contributed by atoms with van der Waals surface area (Å²) in [6, 6.07) is 6.35. The number of nitrogens with zero attached hydrogens (tertiary/aromatic N) is 1. The van der Waals surface area contributed by atoms with E-state index in [1.165, 1.54) is 25.0 Å². The van der Waals surface area contributed by atoms with Crippen LogP contribution in [0.3, 0.4) is 0 Å². The Balaban J connectivity index is 1.97. The van der Waals surface area contributed by atoms with Crippen molar-refractivity contribution in [2.45, 2.75) is 31.2 Å². The van der Waals surface area contributed by atoms with Crippen LogP contribution < -0.4 is 5.32 Å². The SMILES string of the molecule is CN(C)C1(CNC(=O)c2ccc(O)cc2)CCCC1. The molecule has 19 heavy (non-hydrogen) atoms. The van der Waals surface area contributed by atoms with Crippen molar-refractivity contribution >= 4 is 5.91 Å². The molecular weight excluding hydrogens is 240 g/mol. The molecule has 1 saturated carbocycles. The standard InChI is InChI=1S/C15H22N2O2/c1-17(2)15(9-3-4-10-15)11-16-14(19)12-5-7-13(18)8-6-12/h5-8,18H,3-4,9-11H2,1-2H3,(H,16,19). The summed E-state index contributed by atoms with van der Waals surface area (Å²) in [6.45, 7) is 0.680. The molecule has 1 aromatic rings. The van der Waals surface area contributed by atoms with Gasteiger partial charge < -0.3 is 15.3 Å². The van der Waals surface area contributed by atoms with E-state index in [0.29, 0.717) is 12.1 Å². The Morgan fingerprint density at radius 3 is 2.37 bits per heavy atom. The molecule has 0 atom stereocenters. The molecular formula is C15H22N2O2. The molecule has 0 saturated heterocycles. The number of phenolic OH excluding ortho intramolecular Hbond substituents is 1. The molecule has 104 valence electrons. The third-order valence-electron chi connectivity index (χ3n) is 4.19. The quantitative estimate of drug-likeness (QED) is 0.872. The molecule has 4 nitrogen and oxygen atoms in total. The van der Waals surface area contributed by atoms with Crippen LogP contribution in [0.15, 0.2) is 24.3 Å². The summed E-state index contributed by atoms with van der Waals surface area (Å²) in [5, 5.41) is 12.2. The van der Waals surface area contributed by atoms with Crippen LogP contribution in [0.5, 0.6) is 5.75 Å². The number of nitrogens with one attached hydrogen (secondary N) is 1. The van der Waals surface area contributed by atoms with Gasteiger partial charge in [0.05, 0.1) is 0 Å². The lowest BCUT2D eigenvalue weighted by Gasteiger charge is -2.36. The van der Waals surface area contributed by atoms with Gasteiger partial charge in [-0.1, -0.05) is 12.8 Å². The summed E-state index contributed by atoms with van der Waals surface area (Å²) in [7, 11) is 4.16. The van der Waals surface area contributed by atoms with Crippen LogP contribution in [-0.4, -0.2) is 42.1 Å². The van der Waals surface area contributed by atoms with Crippen LogP contribution in [0.4, 0.5) is 0 Å². The third-order valence-corrected chi connectivity index (χ3v) is 4.19. The second-order valence-corrected chi connectivity index (χ2v) is 5.56. The first kappa shape index (κ1) is 13.9. The van der Waals surface area contributed by atoms with E-state index in [4.69, 9.17) is 0 Å². The van der Waals surface area contributed by atoms with Crippen molar-refractivity contribution in [1.82, 2.24) is 10.2 Å². The molecule has 2 N–H and O–H groups in total. The first-order chi connectivity index (χ1) is 9.03. The number of carbonyl (C=O) groups is 1. The van der Waals surface area contributed by atoms with Crippen LogP contribution in [0.2, 0.25) is 0 Å². The minimum atomic E-state index is -0.0758. The topological polar surface area (TPSA) is 52.6 Å². The highest BCUT2D eigenvalue weighted by molar-refractivity contribution is 5.94. The minimum Gasteiger partial charge on any atom is -0.508 e. The molecule has 0 aliphatic heterocycles. The summed E-state index contributed by atoms with van der Waals surface area (Å²) in [6.07, 6.45) is 4.73. The van der Waals surface area contributed by atoms with Crippen molar-refractivity contribution < 1.29 is 9.90 Å². The Morgan fingerprint density at radius 1 is 1.26 bits per heavy atom. The van der Waals surface area contributed by atoms with Crippen molar-refractivity contribution in [2.24, 2.45) is 0 Å². The van der Waals surface area contributed by atoms with Gasteiger partial charge in [0.25, 0.3) is 5.91 Å². The number of amides is 1. The largest absolute Gasteiger partial charge is 0.508 e. The number of likely N-dealkylation sites (N-methyl/N-ethyl adjacent to an activating group) is 1. The van der Waals surface area contributed by atoms with Gasteiger partial charge in [-0.05, 0) is 51.2 Å². The molecule has 0 bridgehead atoms. The number of hydrogen-bond donors (Lipinski definition) is 2. The fourth-order valence-corrected chi connectivity index (χ4v) is 2.77. The lowest BCUT2D eigenvalue weighted by atomic mass is 9.96. The van der Waals surface area contributed by atoms with E-state index in [-0.39, 0.29) is 17.2 Å². The smallest absolute Gasteiger partial charge is 0.251 e. The van der Waals surface area contributed by atoms with Gasteiger partial charge in [-0.25, -0.2) is 0 Å². The van der Waals surface area contributed by atoms with Gasteiger partial charge in [-0.3, -0.25) is 4.79 Å². The van der Waals surface area contributed by atoms with Gasteiger partial charge in [0.15, 0.2) is 0 Å². The summed E-state index contributed by atoms with van der Waals surface area (Å²) >= 11 is 0. The summed E-state index contributed by atoms with van der Waals surface area (Å²) in [5.41, 5.74) is 0.691. The van der Waals surface area contributed by atoms with Gasteiger partial charge in [-0.15, -0.1) is 0 Å². The molecule has 1 fully saturated rings. The Morgan fingerprint density at radius 2 is 1.84 bits per heavy atom. The second kappa shape index (κ2) is 5.61. The van der Waals surface area contributed by atoms with E-state index in [9.17, 15) is 9.90 Å². The number of rotatable bonds is 4. The molecule has 1 aliphatic rings. The van der Waals surface area contributed by atoms with Gasteiger partial charge >= 0.3 is 0 Å². The van der Waals surface area contributed by atoms with Crippen molar-refractivity contribution in [3.8, 4) is 5.75 Å². The number of hydrogen-bond acceptors (Lipinski definition) is 3. The zero-order chi connectivity index (χ0) is 13.9. The van der Waals surface area contributed by atoms with Crippen molar-refractivity contribution in [3.63, 3.8) is 0 Å². The lowest BCUT2D eigenvalue weighted by molar-refractivity contribution is 0.0900. The molecule has 1 aromatic carbocycles. The maximum atomic E-state index is 12.1. The Kier molecular flexibility index (Phi) is 4.10. The van der Waals surface area contributed by atoms with Crippen LogP contribution in [0.25, 0.3) is 0 Å². The molecule has 2 rings (SSSR count). The van der Waals surface area contributed by atoms with Gasteiger partial charge in [0.1, 0.15) is 5.75 Å². The fraction of sp³-hybridized carbons (Fsp3) is 0.533. The van der Waals surface area contributed by atoms with Crippen LogP contribution in [0, 0.1) is 0 Å². The molecule has 1 aliphatic carbocycles. The lowest BCUT2D eigenvalue weighted by Crippen LogP contribution is -2.50. The summed E-state index contributed by atoms with van der Waals surface area (Å²) in [4.78, 5) is 14.3. The van der Waals surface area contributed by atoms with E-state index in [0.717, 1.165) is 12.8 Å². The molecule has 0 spiro atoms. The highest BCUT2D eigenvalue weighted by Crippen LogP contribution is 2.33. The van der Waals surface area contributed by atoms with Crippen LogP contribution in [0.1, 0.15) is 36.0 Å². The fourth-order valence-electron chi connectivity index (χ4n) is 2.77. The minimum absolute atomic E-state index is 0.0758. The number of carbonyl (C=O) groups excluding carboxylic acids is 1. The van der Waals surface area contributed by atoms with E-state index in [2.05, 4.69) is 24.3 Å². The predicted molar refractivity (Wildman–Crippen MR) is 75.3 cm³/mol. The van der Waals surface area contributed by atoms with Crippen LogP contribution >= 0.6 is 0 Å². The first-order valence-electron chi connectivity index (χ1n) is 6.78. The zero-order valence-corrected chi connectivity index (χ0v) is 11.6.